The van der Waals surface area contributed by atoms with Crippen molar-refractivity contribution in [2.45, 2.75) is 19.2 Å². The summed E-state index contributed by atoms with van der Waals surface area (Å²) in [4.78, 5) is 20.4. The maximum absolute atomic E-state index is 13.4. The number of rotatable bonds is 10. The fourth-order valence-electron chi connectivity index (χ4n) is 3.67. The maximum atomic E-state index is 13.4. The zero-order valence-corrected chi connectivity index (χ0v) is 21.3. The Morgan fingerprint density at radius 3 is 2.50 bits per heavy atom. The van der Waals surface area contributed by atoms with Gasteiger partial charge in [-0.25, -0.2) is 17.8 Å². The minimum absolute atomic E-state index is 0.00418. The highest BCUT2D eigenvalue weighted by atomic mass is 32.2. The largest absolute Gasteiger partial charge is 0.485 e. The summed E-state index contributed by atoms with van der Waals surface area (Å²) in [5.41, 5.74) is 6.03. The van der Waals surface area contributed by atoms with Gasteiger partial charge in [0.25, 0.3) is 5.91 Å². The number of aromatic amines is 1. The van der Waals surface area contributed by atoms with E-state index in [1.54, 1.807) is 6.92 Å². The molecule has 0 fully saturated rings. The zero-order chi connectivity index (χ0) is 29.1. The highest BCUT2D eigenvalue weighted by Gasteiger charge is 2.35. The molecule has 0 saturated carbocycles. The number of carbonyl (C=O) groups excluding carboxylic acids is 1. The summed E-state index contributed by atoms with van der Waals surface area (Å²) >= 11 is 0. The normalized spacial score (nSPS) is 12.5. The molecule has 2 aromatic heterocycles. The lowest BCUT2D eigenvalue weighted by Gasteiger charge is -2.19. The van der Waals surface area contributed by atoms with E-state index < -0.39 is 39.8 Å². The first-order valence-corrected chi connectivity index (χ1v) is 13.0. The summed E-state index contributed by atoms with van der Waals surface area (Å²) in [5, 5.41) is 9.56. The number of nitrogens with zero attached hydrogens (tertiary/aromatic N) is 3. The fraction of sp³-hybridized carbons (Fsp3) is 0.167. The van der Waals surface area contributed by atoms with Gasteiger partial charge in [0.1, 0.15) is 29.1 Å². The van der Waals surface area contributed by atoms with Crippen molar-refractivity contribution in [2.24, 2.45) is 5.73 Å². The van der Waals surface area contributed by atoms with Gasteiger partial charge >= 0.3 is 6.18 Å². The number of nitrogens with one attached hydrogen (secondary N) is 3. The lowest BCUT2D eigenvalue weighted by Crippen LogP contribution is -2.27. The molecule has 11 nitrogen and oxygen atoms in total. The second-order valence-electron chi connectivity index (χ2n) is 8.40. The van der Waals surface area contributed by atoms with Gasteiger partial charge in [-0.15, -0.1) is 0 Å². The van der Waals surface area contributed by atoms with E-state index in [4.69, 9.17) is 10.5 Å². The summed E-state index contributed by atoms with van der Waals surface area (Å²) in [6.07, 6.45) is -1.51. The molecule has 0 bridgehead atoms. The first-order chi connectivity index (χ1) is 18.8. The highest BCUT2D eigenvalue weighted by Crippen LogP contribution is 2.38. The molecule has 4 aromatic rings. The van der Waals surface area contributed by atoms with E-state index in [1.807, 2.05) is 4.72 Å². The van der Waals surface area contributed by atoms with Crippen LogP contribution in [0.1, 0.15) is 28.9 Å². The molecule has 0 aliphatic carbocycles. The van der Waals surface area contributed by atoms with Crippen LogP contribution >= 0.6 is 0 Å². The molecule has 0 unspecified atom stereocenters. The van der Waals surface area contributed by atoms with Gasteiger partial charge < -0.3 is 15.8 Å². The summed E-state index contributed by atoms with van der Waals surface area (Å²) < 4.78 is 83.7. The van der Waals surface area contributed by atoms with Gasteiger partial charge in [0, 0.05) is 24.0 Å². The van der Waals surface area contributed by atoms with Gasteiger partial charge in [0.15, 0.2) is 11.6 Å². The molecule has 5 N–H and O–H groups in total. The maximum Gasteiger partial charge on any atom is 0.404 e. The number of H-pyrrole nitrogens is 1. The van der Waals surface area contributed by atoms with Crippen molar-refractivity contribution in [1.82, 2.24) is 20.2 Å². The van der Waals surface area contributed by atoms with Crippen molar-refractivity contribution in [3.8, 4) is 17.0 Å². The van der Waals surface area contributed by atoms with Crippen LogP contribution in [-0.4, -0.2) is 46.4 Å². The number of amides is 1. The van der Waals surface area contributed by atoms with Crippen LogP contribution in [0.5, 0.6) is 5.75 Å². The number of nitrogens with two attached hydrogens (primary N) is 1. The van der Waals surface area contributed by atoms with Crippen molar-refractivity contribution >= 4 is 33.3 Å². The average Bonchev–Trinajstić information content (AvgIpc) is 3.27. The summed E-state index contributed by atoms with van der Waals surface area (Å²) in [6.45, 7) is 1.61. The molecule has 0 spiro atoms. The van der Waals surface area contributed by atoms with Gasteiger partial charge in [-0.3, -0.25) is 19.6 Å². The van der Waals surface area contributed by atoms with Gasteiger partial charge in [-0.2, -0.15) is 18.3 Å². The zero-order valence-electron chi connectivity index (χ0n) is 20.5. The number of hydrogen-bond acceptors (Lipinski definition) is 8. The molecular formula is C24H21F4N7O4S. The quantitative estimate of drug-likeness (QED) is 0.202. The van der Waals surface area contributed by atoms with Crippen LogP contribution in [-0.2, 0) is 10.0 Å². The number of ether oxygens (including phenoxy) is 1. The summed E-state index contributed by atoms with van der Waals surface area (Å²) in [5.74, 6) is -3.30. The van der Waals surface area contributed by atoms with E-state index in [2.05, 4.69) is 25.5 Å². The Labute approximate surface area is 224 Å². The van der Waals surface area contributed by atoms with Crippen LogP contribution in [0.15, 0.2) is 61.1 Å². The smallest absolute Gasteiger partial charge is 0.404 e. The number of primary amides is 1. The lowest BCUT2D eigenvalue weighted by molar-refractivity contribution is -0.106. The van der Waals surface area contributed by atoms with Crippen LogP contribution < -0.4 is 20.5 Å². The number of alkyl halides is 3. The van der Waals surface area contributed by atoms with Crippen LogP contribution in [0, 0.1) is 5.82 Å². The molecule has 40 heavy (non-hydrogen) atoms. The number of hydrogen-bond donors (Lipinski definition) is 4. The van der Waals surface area contributed by atoms with Crippen LogP contribution in [0.3, 0.4) is 0 Å². The number of benzene rings is 2. The number of carbonyl (C=O) groups is 1. The van der Waals surface area contributed by atoms with Crippen molar-refractivity contribution < 1.29 is 35.5 Å². The Kier molecular flexibility index (Phi) is 7.90. The third-order valence-electron chi connectivity index (χ3n) is 5.34. The van der Waals surface area contributed by atoms with E-state index in [0.29, 0.717) is 5.56 Å². The van der Waals surface area contributed by atoms with Gasteiger partial charge in [0.2, 0.25) is 10.0 Å². The molecule has 1 amide bonds. The standard InChI is InChI=1S/C24H21F4N7O4S/c1-13(14-2-4-15(25)5-3-14)39-18-10-16(35-40(37,38)12-24(26,27)28)6-7-17(18)21-20(22(29)36)23(34-33-21)32-19-11-30-8-9-31-19/h2-11,13,35H,12H2,1H3,(H2,29,36)(H2,31,32,33,34)/t13-/m1/s1. The third-order valence-corrected chi connectivity index (χ3v) is 6.60. The molecule has 1 atom stereocenters. The lowest BCUT2D eigenvalue weighted by atomic mass is 10.0. The number of halogens is 4. The Morgan fingerprint density at radius 2 is 1.88 bits per heavy atom. The molecule has 2 heterocycles. The average molecular weight is 580 g/mol. The van der Waals surface area contributed by atoms with Crippen LogP contribution in [0.2, 0.25) is 0 Å². The topological polar surface area (TPSA) is 165 Å². The predicted octanol–water partition coefficient (Wildman–Crippen LogP) is 4.29. The number of aromatic nitrogens is 4. The van der Waals surface area contributed by atoms with Gasteiger partial charge in [-0.1, -0.05) is 12.1 Å². The molecule has 0 radical (unpaired) electrons. The van der Waals surface area contributed by atoms with Crippen molar-refractivity contribution in [2.75, 3.05) is 15.8 Å². The minimum Gasteiger partial charge on any atom is -0.485 e. The van der Waals surface area contributed by atoms with Crippen molar-refractivity contribution in [3.63, 3.8) is 0 Å². The second-order valence-corrected chi connectivity index (χ2v) is 10.1. The van der Waals surface area contributed by atoms with E-state index >= 15 is 0 Å². The molecule has 0 aliphatic rings. The second kappa shape index (κ2) is 11.2. The summed E-state index contributed by atoms with van der Waals surface area (Å²) in [6, 6.07) is 8.98. The molecule has 4 rings (SSSR count). The van der Waals surface area contributed by atoms with E-state index in [0.717, 1.165) is 6.07 Å². The fourth-order valence-corrected chi connectivity index (χ4v) is 4.65. The third kappa shape index (κ3) is 7.02. The van der Waals surface area contributed by atoms with Crippen molar-refractivity contribution in [1.29, 1.82) is 0 Å². The predicted molar refractivity (Wildman–Crippen MR) is 137 cm³/mol. The molecule has 16 heteroatoms. The first kappa shape index (κ1) is 28.3. The SMILES string of the molecule is C[C@@H](Oc1cc(NS(=O)(=O)CC(F)(F)F)ccc1-c1[nH]nc(Nc2cnccn2)c1C(N)=O)c1ccc(F)cc1. The Morgan fingerprint density at radius 1 is 1.15 bits per heavy atom. The van der Waals surface area contributed by atoms with E-state index in [-0.39, 0.29) is 39.9 Å². The summed E-state index contributed by atoms with van der Waals surface area (Å²) in [7, 11) is -4.81. The van der Waals surface area contributed by atoms with Crippen LogP contribution in [0.4, 0.5) is 34.9 Å². The number of anilines is 3. The Balaban J connectivity index is 1.77. The van der Waals surface area contributed by atoms with E-state index in [1.165, 1.54) is 55.0 Å². The highest BCUT2D eigenvalue weighted by molar-refractivity contribution is 7.92. The monoisotopic (exact) mass is 579 g/mol. The minimum atomic E-state index is -4.97. The van der Waals surface area contributed by atoms with Gasteiger partial charge in [0.05, 0.1) is 17.6 Å². The molecule has 210 valence electrons. The number of sulfonamides is 1. The molecular weight excluding hydrogens is 558 g/mol. The van der Waals surface area contributed by atoms with Gasteiger partial charge in [-0.05, 0) is 36.8 Å². The van der Waals surface area contributed by atoms with Crippen LogP contribution in [0.25, 0.3) is 11.3 Å². The van der Waals surface area contributed by atoms with Crippen molar-refractivity contribution in [3.05, 3.63) is 78.0 Å². The van der Waals surface area contributed by atoms with E-state index in [9.17, 15) is 30.8 Å². The first-order valence-electron chi connectivity index (χ1n) is 11.4. The molecule has 0 aliphatic heterocycles. The molecule has 0 saturated heterocycles. The Hall–Kier alpha value is -4.73. The molecule has 2 aromatic carbocycles. The Bertz CT molecular complexity index is 1610.